The van der Waals surface area contributed by atoms with Crippen molar-refractivity contribution in [2.75, 3.05) is 6.54 Å². The van der Waals surface area contributed by atoms with Gasteiger partial charge in [0.15, 0.2) is 0 Å². The van der Waals surface area contributed by atoms with E-state index in [4.69, 9.17) is 16.7 Å². The van der Waals surface area contributed by atoms with Crippen molar-refractivity contribution < 1.29 is 18.3 Å². The number of aryl methyl sites for hydroxylation is 1. The number of hydrogen-bond acceptors (Lipinski definition) is 3. The van der Waals surface area contributed by atoms with E-state index in [1.54, 1.807) is 12.1 Å². The lowest BCUT2D eigenvalue weighted by Gasteiger charge is -2.34. The Labute approximate surface area is 135 Å². The van der Waals surface area contributed by atoms with Crippen molar-refractivity contribution in [1.29, 1.82) is 0 Å². The van der Waals surface area contributed by atoms with E-state index in [1.807, 2.05) is 6.92 Å². The molecule has 1 aliphatic heterocycles. The molecule has 0 aromatic heterocycles. The number of aliphatic carboxylic acids is 1. The molecule has 0 bridgehead atoms. The van der Waals surface area contributed by atoms with Gasteiger partial charge >= 0.3 is 5.97 Å². The first-order valence-corrected chi connectivity index (χ1v) is 8.77. The Balaban J connectivity index is 2.45. The van der Waals surface area contributed by atoms with Crippen LogP contribution in [0.5, 0.6) is 0 Å². The molecule has 5 nitrogen and oxygen atoms in total. The van der Waals surface area contributed by atoms with E-state index >= 15 is 0 Å². The number of benzene rings is 1. The molecule has 120 valence electrons. The quantitative estimate of drug-likeness (QED) is 0.853. The van der Waals surface area contributed by atoms with Gasteiger partial charge in [-0.25, -0.2) is 13.2 Å². The largest absolute Gasteiger partial charge is 0.478 e. The topological polar surface area (TPSA) is 74.7 Å². The van der Waals surface area contributed by atoms with E-state index in [0.717, 1.165) is 12.0 Å². The highest BCUT2D eigenvalue weighted by atomic mass is 35.5. The zero-order valence-electron chi connectivity index (χ0n) is 12.3. The molecule has 1 fully saturated rings. The van der Waals surface area contributed by atoms with Crippen LogP contribution in [0.2, 0.25) is 5.02 Å². The van der Waals surface area contributed by atoms with Gasteiger partial charge in [-0.05, 0) is 37.5 Å². The fourth-order valence-corrected chi connectivity index (χ4v) is 4.89. The van der Waals surface area contributed by atoms with Crippen molar-refractivity contribution in [3.05, 3.63) is 40.9 Å². The van der Waals surface area contributed by atoms with Crippen LogP contribution in [0, 0.1) is 6.92 Å². The van der Waals surface area contributed by atoms with Gasteiger partial charge in [-0.3, -0.25) is 0 Å². The average molecular weight is 344 g/mol. The summed E-state index contributed by atoms with van der Waals surface area (Å²) in [5.74, 6) is -1.18. The average Bonchev–Trinajstić information content (AvgIpc) is 2.46. The highest BCUT2D eigenvalue weighted by molar-refractivity contribution is 7.89. The minimum absolute atomic E-state index is 0.00450. The monoisotopic (exact) mass is 343 g/mol. The SMILES string of the molecule is C=C(C(=O)O)C1CCCCN1S(=O)(=O)c1ccc(C)cc1Cl. The van der Waals surface area contributed by atoms with E-state index in [1.165, 1.54) is 10.4 Å². The molecule has 2 rings (SSSR count). The molecule has 0 radical (unpaired) electrons. The molecule has 0 aliphatic carbocycles. The van der Waals surface area contributed by atoms with Crippen molar-refractivity contribution in [3.63, 3.8) is 0 Å². The van der Waals surface area contributed by atoms with Crippen molar-refractivity contribution in [1.82, 2.24) is 4.31 Å². The Morgan fingerprint density at radius 3 is 2.68 bits per heavy atom. The molecule has 7 heteroatoms. The molecule has 0 spiro atoms. The third-order valence-corrected chi connectivity index (χ3v) is 6.20. The van der Waals surface area contributed by atoms with Gasteiger partial charge in [-0.2, -0.15) is 4.31 Å². The molecule has 0 saturated carbocycles. The fourth-order valence-electron chi connectivity index (χ4n) is 2.62. The van der Waals surface area contributed by atoms with Gasteiger partial charge in [0.05, 0.1) is 11.1 Å². The third kappa shape index (κ3) is 3.19. The summed E-state index contributed by atoms with van der Waals surface area (Å²) < 4.78 is 26.9. The number of carboxylic acids is 1. The first kappa shape index (κ1) is 17.0. The maximum absolute atomic E-state index is 12.9. The van der Waals surface area contributed by atoms with Gasteiger partial charge in [0.1, 0.15) is 4.90 Å². The second-order valence-corrected chi connectivity index (χ2v) is 7.66. The zero-order chi connectivity index (χ0) is 16.5. The lowest BCUT2D eigenvalue weighted by Crippen LogP contribution is -2.45. The maximum atomic E-state index is 12.9. The van der Waals surface area contributed by atoms with Crippen LogP contribution in [0.15, 0.2) is 35.2 Å². The Hall–Kier alpha value is -1.37. The highest BCUT2D eigenvalue weighted by Crippen LogP contribution is 2.32. The zero-order valence-corrected chi connectivity index (χ0v) is 13.8. The smallest absolute Gasteiger partial charge is 0.332 e. The first-order valence-electron chi connectivity index (χ1n) is 6.95. The Kier molecular flexibility index (Phi) is 4.94. The van der Waals surface area contributed by atoms with E-state index in [2.05, 4.69) is 6.58 Å². The number of hydrogen-bond donors (Lipinski definition) is 1. The Morgan fingerprint density at radius 2 is 2.09 bits per heavy atom. The van der Waals surface area contributed by atoms with Gasteiger partial charge < -0.3 is 5.11 Å². The van der Waals surface area contributed by atoms with Crippen LogP contribution in [-0.4, -0.2) is 36.4 Å². The highest BCUT2D eigenvalue weighted by Gasteiger charge is 2.37. The number of piperidine rings is 1. The van der Waals surface area contributed by atoms with E-state index in [0.29, 0.717) is 12.8 Å². The van der Waals surface area contributed by atoms with Gasteiger partial charge in [-0.15, -0.1) is 0 Å². The van der Waals surface area contributed by atoms with Gasteiger partial charge in [0.25, 0.3) is 0 Å². The van der Waals surface area contributed by atoms with Crippen molar-refractivity contribution >= 4 is 27.6 Å². The minimum Gasteiger partial charge on any atom is -0.478 e. The molecule has 1 aromatic carbocycles. The normalized spacial score (nSPS) is 19.8. The molecule has 1 aromatic rings. The van der Waals surface area contributed by atoms with E-state index in [9.17, 15) is 13.2 Å². The second kappa shape index (κ2) is 6.40. The van der Waals surface area contributed by atoms with Crippen molar-refractivity contribution in [2.24, 2.45) is 0 Å². The fraction of sp³-hybridized carbons (Fsp3) is 0.400. The summed E-state index contributed by atoms with van der Waals surface area (Å²) in [5, 5.41) is 9.28. The van der Waals surface area contributed by atoms with E-state index in [-0.39, 0.29) is 22.0 Å². The standard InChI is InChI=1S/C15H18ClNO4S/c1-10-6-7-14(12(16)9-10)22(20,21)17-8-4-3-5-13(17)11(2)15(18)19/h6-7,9,13H,2-5,8H2,1H3,(H,18,19). The number of rotatable bonds is 4. The van der Waals surface area contributed by atoms with Crippen LogP contribution in [0.25, 0.3) is 0 Å². The Bertz CT molecular complexity index is 714. The number of carboxylic acid groups (broad SMARTS) is 1. The molecule has 1 aliphatic rings. The van der Waals surface area contributed by atoms with Crippen LogP contribution in [-0.2, 0) is 14.8 Å². The molecule has 1 saturated heterocycles. The van der Waals surface area contributed by atoms with Crippen LogP contribution >= 0.6 is 11.6 Å². The molecule has 1 heterocycles. The predicted octanol–water partition coefficient (Wildman–Crippen LogP) is 2.83. The molecular weight excluding hydrogens is 326 g/mol. The van der Waals surface area contributed by atoms with Gasteiger partial charge in [-0.1, -0.05) is 30.7 Å². The summed E-state index contributed by atoms with van der Waals surface area (Å²) in [4.78, 5) is 11.2. The maximum Gasteiger partial charge on any atom is 0.332 e. The number of carbonyl (C=O) groups is 1. The summed E-state index contributed by atoms with van der Waals surface area (Å²) in [6.07, 6.45) is 1.91. The third-order valence-electron chi connectivity index (χ3n) is 3.80. The lowest BCUT2D eigenvalue weighted by molar-refractivity contribution is -0.133. The summed E-state index contributed by atoms with van der Waals surface area (Å²) in [7, 11) is -3.86. The predicted molar refractivity (Wildman–Crippen MR) is 84.5 cm³/mol. The van der Waals surface area contributed by atoms with Crippen molar-refractivity contribution in [2.45, 2.75) is 37.1 Å². The van der Waals surface area contributed by atoms with Gasteiger partial charge in [0.2, 0.25) is 10.0 Å². The molecule has 22 heavy (non-hydrogen) atoms. The number of sulfonamides is 1. The van der Waals surface area contributed by atoms with Gasteiger partial charge in [0, 0.05) is 12.1 Å². The number of nitrogens with zero attached hydrogens (tertiary/aromatic N) is 1. The number of halogens is 1. The van der Waals surface area contributed by atoms with Crippen LogP contribution in [0.4, 0.5) is 0 Å². The molecule has 1 unspecified atom stereocenters. The summed E-state index contributed by atoms with van der Waals surface area (Å²) in [5.41, 5.74) is 0.751. The minimum atomic E-state index is -3.86. The van der Waals surface area contributed by atoms with E-state index < -0.39 is 22.0 Å². The first-order chi connectivity index (χ1) is 10.2. The van der Waals surface area contributed by atoms with Crippen LogP contribution in [0.1, 0.15) is 24.8 Å². The van der Waals surface area contributed by atoms with Crippen LogP contribution < -0.4 is 0 Å². The summed E-state index contributed by atoms with van der Waals surface area (Å²) >= 11 is 6.08. The summed E-state index contributed by atoms with van der Waals surface area (Å²) in [6.45, 7) is 5.62. The lowest BCUT2D eigenvalue weighted by atomic mass is 9.99. The summed E-state index contributed by atoms with van der Waals surface area (Å²) in [6, 6.07) is 3.99. The molecule has 0 amide bonds. The molecule has 1 atom stereocenters. The Morgan fingerprint density at radius 1 is 1.41 bits per heavy atom. The second-order valence-electron chi connectivity index (χ2n) is 5.39. The molecular formula is C15H18ClNO4S. The van der Waals surface area contributed by atoms with Crippen LogP contribution in [0.3, 0.4) is 0 Å². The van der Waals surface area contributed by atoms with Crippen molar-refractivity contribution in [3.8, 4) is 0 Å². The molecule has 1 N–H and O–H groups in total.